The fourth-order valence-corrected chi connectivity index (χ4v) is 4.28. The number of benzene rings is 1. The number of rotatable bonds is 3. The average Bonchev–Trinajstić information content (AvgIpc) is 3.27. The van der Waals surface area contributed by atoms with Crippen LogP contribution in [-0.4, -0.2) is 39.4 Å². The number of anilines is 1. The van der Waals surface area contributed by atoms with Crippen LogP contribution in [0.15, 0.2) is 24.3 Å². The quantitative estimate of drug-likeness (QED) is 0.754. The van der Waals surface area contributed by atoms with Crippen molar-refractivity contribution in [3.05, 3.63) is 46.8 Å². The fraction of sp³-hybridized carbons (Fsp3) is 0.429. The third-order valence-electron chi connectivity index (χ3n) is 5.75. The molecule has 1 fully saturated rings. The van der Waals surface area contributed by atoms with E-state index < -0.39 is 0 Å². The Balaban J connectivity index is 1.37. The van der Waals surface area contributed by atoms with Gasteiger partial charge in [-0.3, -0.25) is 4.90 Å². The van der Waals surface area contributed by atoms with Gasteiger partial charge < -0.3 is 15.2 Å². The summed E-state index contributed by atoms with van der Waals surface area (Å²) in [4.78, 5) is 7.35. The summed E-state index contributed by atoms with van der Waals surface area (Å²) in [5, 5.41) is 4.40. The number of nitrogens with zero attached hydrogens (tertiary/aromatic N) is 4. The maximum Gasteiger partial charge on any atom is 0.231 e. The van der Waals surface area contributed by atoms with Gasteiger partial charge in [0, 0.05) is 31.1 Å². The van der Waals surface area contributed by atoms with Gasteiger partial charge >= 0.3 is 0 Å². The van der Waals surface area contributed by atoms with Crippen LogP contribution in [0.25, 0.3) is 5.65 Å². The largest absolute Gasteiger partial charge is 0.454 e. The number of likely N-dealkylation sites (tertiary alicyclic amines) is 1. The average molecular weight is 379 g/mol. The molecule has 1 saturated heterocycles. The van der Waals surface area contributed by atoms with Crippen molar-refractivity contribution in [1.29, 1.82) is 0 Å². The SMILES string of the molecule is Cc1cc2nc(C3CCCN(Cc4cc5c(cc4C)OCO5)C3)cc(N)n2n1. The summed E-state index contributed by atoms with van der Waals surface area (Å²) >= 11 is 0. The Kier molecular flexibility index (Phi) is 4.12. The lowest BCUT2D eigenvalue weighted by Gasteiger charge is -2.33. The van der Waals surface area contributed by atoms with Gasteiger partial charge in [0.2, 0.25) is 6.79 Å². The first kappa shape index (κ1) is 17.3. The number of nitrogen functional groups attached to an aromatic ring is 1. The number of aryl methyl sites for hydroxylation is 2. The van der Waals surface area contributed by atoms with E-state index in [1.54, 1.807) is 4.52 Å². The number of fused-ring (bicyclic) bond motifs is 2. The molecule has 0 saturated carbocycles. The van der Waals surface area contributed by atoms with Gasteiger partial charge in [-0.2, -0.15) is 9.61 Å². The zero-order chi connectivity index (χ0) is 19.3. The van der Waals surface area contributed by atoms with Gasteiger partial charge in [0.05, 0.1) is 11.4 Å². The number of hydrogen-bond acceptors (Lipinski definition) is 6. The molecule has 0 amide bonds. The standard InChI is InChI=1S/C21H25N5O2/c1-13-6-18-19(28-12-27-18)8-16(13)11-25-5-3-4-15(10-25)17-9-20(22)26-21(23-17)7-14(2)24-26/h6-9,15H,3-5,10-12,22H2,1-2H3. The predicted molar refractivity (Wildman–Crippen MR) is 107 cm³/mol. The molecule has 7 nitrogen and oxygen atoms in total. The molecule has 2 aliphatic heterocycles. The third kappa shape index (κ3) is 3.05. The molecule has 2 aliphatic rings. The van der Waals surface area contributed by atoms with Crippen molar-refractivity contribution in [1.82, 2.24) is 19.5 Å². The summed E-state index contributed by atoms with van der Waals surface area (Å²) in [6.45, 7) is 7.38. The van der Waals surface area contributed by atoms with E-state index in [4.69, 9.17) is 20.2 Å². The fourth-order valence-electron chi connectivity index (χ4n) is 4.28. The Morgan fingerprint density at radius 2 is 1.96 bits per heavy atom. The number of aromatic nitrogens is 3. The molecule has 1 atom stereocenters. The zero-order valence-corrected chi connectivity index (χ0v) is 16.3. The van der Waals surface area contributed by atoms with Gasteiger partial charge in [0.1, 0.15) is 5.82 Å². The number of ether oxygens (including phenoxy) is 2. The van der Waals surface area contributed by atoms with Crippen molar-refractivity contribution in [2.45, 2.75) is 39.2 Å². The van der Waals surface area contributed by atoms with E-state index in [1.165, 1.54) is 11.1 Å². The van der Waals surface area contributed by atoms with Crippen LogP contribution < -0.4 is 15.2 Å². The van der Waals surface area contributed by atoms with E-state index in [2.05, 4.69) is 29.1 Å². The zero-order valence-electron chi connectivity index (χ0n) is 16.3. The molecule has 7 heteroatoms. The first-order valence-corrected chi connectivity index (χ1v) is 9.81. The van der Waals surface area contributed by atoms with E-state index in [9.17, 15) is 0 Å². The van der Waals surface area contributed by atoms with Gasteiger partial charge in [-0.05, 0) is 56.5 Å². The van der Waals surface area contributed by atoms with E-state index in [0.717, 1.165) is 61.0 Å². The monoisotopic (exact) mass is 379 g/mol. The van der Waals surface area contributed by atoms with Gasteiger partial charge in [-0.1, -0.05) is 0 Å². The molecule has 2 aromatic heterocycles. The number of piperidine rings is 1. The van der Waals surface area contributed by atoms with Crippen LogP contribution in [0.5, 0.6) is 11.5 Å². The highest BCUT2D eigenvalue weighted by Gasteiger charge is 2.25. The van der Waals surface area contributed by atoms with Crippen molar-refractivity contribution in [3.8, 4) is 11.5 Å². The number of nitrogens with two attached hydrogens (primary N) is 1. The molecule has 4 heterocycles. The summed E-state index contributed by atoms with van der Waals surface area (Å²) < 4.78 is 12.8. The molecule has 3 aromatic rings. The third-order valence-corrected chi connectivity index (χ3v) is 5.75. The molecular formula is C21H25N5O2. The molecule has 146 valence electrons. The topological polar surface area (TPSA) is 77.9 Å². The molecule has 1 unspecified atom stereocenters. The molecule has 0 spiro atoms. The van der Waals surface area contributed by atoms with Crippen LogP contribution >= 0.6 is 0 Å². The van der Waals surface area contributed by atoms with Crippen LogP contribution in [-0.2, 0) is 6.54 Å². The minimum absolute atomic E-state index is 0.313. The Labute approximate surface area is 164 Å². The van der Waals surface area contributed by atoms with Crippen LogP contribution in [0.3, 0.4) is 0 Å². The second-order valence-corrected chi connectivity index (χ2v) is 7.87. The number of hydrogen-bond donors (Lipinski definition) is 1. The summed E-state index contributed by atoms with van der Waals surface area (Å²) in [5.74, 6) is 2.73. The summed E-state index contributed by atoms with van der Waals surface area (Å²) in [6, 6.07) is 8.17. The van der Waals surface area contributed by atoms with Crippen molar-refractivity contribution in [3.63, 3.8) is 0 Å². The molecule has 1 aromatic carbocycles. The Morgan fingerprint density at radius 1 is 1.14 bits per heavy atom. The van der Waals surface area contributed by atoms with E-state index in [-0.39, 0.29) is 0 Å². The van der Waals surface area contributed by atoms with Crippen LogP contribution in [0.4, 0.5) is 5.82 Å². The van der Waals surface area contributed by atoms with E-state index in [0.29, 0.717) is 18.5 Å². The molecule has 0 radical (unpaired) electrons. The maximum atomic E-state index is 6.23. The molecule has 0 aliphatic carbocycles. The highest BCUT2D eigenvalue weighted by atomic mass is 16.7. The first-order chi connectivity index (χ1) is 13.6. The van der Waals surface area contributed by atoms with Gasteiger partial charge in [0.25, 0.3) is 0 Å². The molecule has 5 rings (SSSR count). The molecule has 28 heavy (non-hydrogen) atoms. The van der Waals surface area contributed by atoms with Crippen LogP contribution in [0, 0.1) is 13.8 Å². The highest BCUT2D eigenvalue weighted by molar-refractivity contribution is 5.49. The highest BCUT2D eigenvalue weighted by Crippen LogP contribution is 2.36. The second-order valence-electron chi connectivity index (χ2n) is 7.87. The second kappa shape index (κ2) is 6.67. The van der Waals surface area contributed by atoms with Crippen molar-refractivity contribution >= 4 is 11.5 Å². The lowest BCUT2D eigenvalue weighted by atomic mass is 9.93. The summed E-state index contributed by atoms with van der Waals surface area (Å²) in [6.07, 6.45) is 2.28. The minimum Gasteiger partial charge on any atom is -0.454 e. The minimum atomic E-state index is 0.313. The van der Waals surface area contributed by atoms with Gasteiger partial charge in [-0.15, -0.1) is 0 Å². The van der Waals surface area contributed by atoms with Gasteiger partial charge in [-0.25, -0.2) is 4.98 Å². The molecule has 2 N–H and O–H groups in total. The lowest BCUT2D eigenvalue weighted by molar-refractivity contribution is 0.173. The van der Waals surface area contributed by atoms with Crippen molar-refractivity contribution in [2.24, 2.45) is 0 Å². The van der Waals surface area contributed by atoms with Crippen molar-refractivity contribution in [2.75, 3.05) is 25.6 Å². The van der Waals surface area contributed by atoms with E-state index >= 15 is 0 Å². The Morgan fingerprint density at radius 3 is 2.82 bits per heavy atom. The summed E-state index contributed by atoms with van der Waals surface area (Å²) in [7, 11) is 0. The summed E-state index contributed by atoms with van der Waals surface area (Å²) in [5.41, 5.74) is 11.6. The Hall–Kier alpha value is -2.80. The first-order valence-electron chi connectivity index (χ1n) is 9.81. The maximum absolute atomic E-state index is 6.23. The van der Waals surface area contributed by atoms with Crippen LogP contribution in [0.1, 0.15) is 41.3 Å². The normalized spacial score (nSPS) is 19.4. The predicted octanol–water partition coefficient (Wildman–Crippen LogP) is 3.04. The van der Waals surface area contributed by atoms with Crippen LogP contribution in [0.2, 0.25) is 0 Å². The molecular weight excluding hydrogens is 354 g/mol. The van der Waals surface area contributed by atoms with Crippen molar-refractivity contribution < 1.29 is 9.47 Å². The Bertz CT molecular complexity index is 1040. The smallest absolute Gasteiger partial charge is 0.231 e. The van der Waals surface area contributed by atoms with Gasteiger partial charge in [0.15, 0.2) is 17.1 Å². The lowest BCUT2D eigenvalue weighted by Crippen LogP contribution is -2.34. The molecule has 0 bridgehead atoms. The van der Waals surface area contributed by atoms with E-state index in [1.807, 2.05) is 19.1 Å².